The minimum Gasteiger partial charge on any atom is -0.390 e. The molecular formula is C16H27NO4. The summed E-state index contributed by atoms with van der Waals surface area (Å²) in [6.07, 6.45) is 9.96. The molecule has 5 nitrogen and oxygen atoms in total. The molecule has 0 saturated heterocycles. The van der Waals surface area contributed by atoms with E-state index in [4.69, 9.17) is 5.11 Å². The first-order valence-corrected chi connectivity index (χ1v) is 7.08. The van der Waals surface area contributed by atoms with E-state index in [1.54, 1.807) is 32.1 Å². The van der Waals surface area contributed by atoms with Crippen LogP contribution in [0.3, 0.4) is 0 Å². The summed E-state index contributed by atoms with van der Waals surface area (Å²) in [6, 6.07) is 0. The van der Waals surface area contributed by atoms with Crippen LogP contribution >= 0.6 is 0 Å². The lowest BCUT2D eigenvalue weighted by atomic mass is 10.1. The van der Waals surface area contributed by atoms with E-state index >= 15 is 0 Å². The Hall–Kier alpha value is -1.43. The number of aliphatic hydroxyl groups excluding tert-OH is 2. The van der Waals surface area contributed by atoms with Gasteiger partial charge in [-0.2, -0.15) is 0 Å². The quantitative estimate of drug-likeness (QED) is 0.291. The highest BCUT2D eigenvalue weighted by Gasteiger charge is 2.12. The molecule has 5 heteroatoms. The van der Waals surface area contributed by atoms with Crippen LogP contribution in [-0.2, 0) is 4.79 Å². The first-order chi connectivity index (χ1) is 9.72. The van der Waals surface area contributed by atoms with Crippen molar-refractivity contribution in [2.45, 2.75) is 51.4 Å². The number of allylic oxidation sites excluding steroid dienone is 4. The maximum atomic E-state index is 11.4. The van der Waals surface area contributed by atoms with Crippen LogP contribution in [-0.4, -0.2) is 45.6 Å². The number of carbonyl (C=O) groups excluding carboxylic acids is 1. The molecule has 0 radical (unpaired) electrons. The molecule has 0 fully saturated rings. The van der Waals surface area contributed by atoms with Crippen molar-refractivity contribution in [3.05, 3.63) is 36.5 Å². The largest absolute Gasteiger partial charge is 0.390 e. The lowest BCUT2D eigenvalue weighted by Crippen LogP contribution is -2.37. The summed E-state index contributed by atoms with van der Waals surface area (Å²) in [7, 11) is 0. The maximum absolute atomic E-state index is 11.4. The molecule has 0 aliphatic heterocycles. The van der Waals surface area contributed by atoms with Crippen molar-refractivity contribution in [3.63, 3.8) is 0 Å². The van der Waals surface area contributed by atoms with Crippen LogP contribution in [0.25, 0.3) is 0 Å². The van der Waals surface area contributed by atoms with Crippen LogP contribution in [0.4, 0.5) is 0 Å². The van der Waals surface area contributed by atoms with E-state index in [1.165, 1.54) is 19.1 Å². The second kappa shape index (κ2) is 10.3. The zero-order chi connectivity index (χ0) is 16.3. The van der Waals surface area contributed by atoms with Crippen molar-refractivity contribution in [2.75, 3.05) is 6.54 Å². The summed E-state index contributed by atoms with van der Waals surface area (Å²) >= 11 is 0. The predicted molar refractivity (Wildman–Crippen MR) is 83.6 cm³/mol. The molecule has 0 aromatic heterocycles. The van der Waals surface area contributed by atoms with E-state index < -0.39 is 17.8 Å². The van der Waals surface area contributed by atoms with Crippen LogP contribution in [0, 0.1) is 0 Å². The summed E-state index contributed by atoms with van der Waals surface area (Å²) in [5.41, 5.74) is -0.908. The Morgan fingerprint density at radius 2 is 1.81 bits per heavy atom. The third kappa shape index (κ3) is 13.3. The minimum absolute atomic E-state index is 0.215. The van der Waals surface area contributed by atoms with Gasteiger partial charge in [-0.25, -0.2) is 0 Å². The Morgan fingerprint density at radius 3 is 2.38 bits per heavy atom. The van der Waals surface area contributed by atoms with Gasteiger partial charge in [-0.05, 0) is 39.7 Å². The summed E-state index contributed by atoms with van der Waals surface area (Å²) in [4.78, 5) is 11.4. The molecular weight excluding hydrogens is 270 g/mol. The van der Waals surface area contributed by atoms with E-state index in [2.05, 4.69) is 5.32 Å². The van der Waals surface area contributed by atoms with Gasteiger partial charge in [-0.3, -0.25) is 4.79 Å². The Labute approximate surface area is 126 Å². The molecule has 1 unspecified atom stereocenters. The van der Waals surface area contributed by atoms with E-state index in [9.17, 15) is 15.0 Å². The molecule has 21 heavy (non-hydrogen) atoms. The highest BCUT2D eigenvalue weighted by molar-refractivity contribution is 5.87. The SMILES string of the molecule is C[C@H](O)C(O)/C=C/C=C\CC/C=C/C(=O)NCC(C)(C)O. The fourth-order valence-corrected chi connectivity index (χ4v) is 1.26. The molecule has 1 amide bonds. The van der Waals surface area contributed by atoms with E-state index in [0.717, 1.165) is 12.8 Å². The fourth-order valence-electron chi connectivity index (χ4n) is 1.26. The average molecular weight is 297 g/mol. The Bertz CT molecular complexity index is 378. The van der Waals surface area contributed by atoms with Gasteiger partial charge in [0.15, 0.2) is 0 Å². The van der Waals surface area contributed by atoms with Crippen LogP contribution in [0.5, 0.6) is 0 Å². The number of hydrogen-bond acceptors (Lipinski definition) is 4. The second-order valence-electron chi connectivity index (χ2n) is 5.55. The summed E-state index contributed by atoms with van der Waals surface area (Å²) in [5, 5.41) is 30.4. The lowest BCUT2D eigenvalue weighted by molar-refractivity contribution is -0.117. The molecule has 0 aromatic rings. The highest BCUT2D eigenvalue weighted by atomic mass is 16.3. The van der Waals surface area contributed by atoms with Crippen LogP contribution in [0.15, 0.2) is 36.5 Å². The van der Waals surface area contributed by atoms with Gasteiger partial charge in [0.2, 0.25) is 5.91 Å². The molecule has 0 spiro atoms. The summed E-state index contributed by atoms with van der Waals surface area (Å²) in [6.45, 7) is 4.99. The zero-order valence-corrected chi connectivity index (χ0v) is 13.0. The van der Waals surface area contributed by atoms with Crippen molar-refractivity contribution in [3.8, 4) is 0 Å². The average Bonchev–Trinajstić information content (AvgIpc) is 2.38. The molecule has 0 rings (SSSR count). The Kier molecular flexibility index (Phi) is 9.62. The molecule has 0 aromatic carbocycles. The van der Waals surface area contributed by atoms with Crippen LogP contribution in [0.1, 0.15) is 33.6 Å². The van der Waals surface area contributed by atoms with Crippen molar-refractivity contribution in [2.24, 2.45) is 0 Å². The molecule has 0 saturated carbocycles. The van der Waals surface area contributed by atoms with Gasteiger partial charge in [-0.1, -0.05) is 30.4 Å². The maximum Gasteiger partial charge on any atom is 0.243 e. The molecule has 0 heterocycles. The third-order valence-electron chi connectivity index (χ3n) is 2.51. The number of amides is 1. The smallest absolute Gasteiger partial charge is 0.243 e. The first-order valence-electron chi connectivity index (χ1n) is 7.08. The standard InChI is InChI=1S/C16H27NO4/c1-13(18)14(19)10-8-6-4-5-7-9-11-15(20)17-12-16(2,3)21/h4,6,8-11,13-14,18-19,21H,5,7,12H2,1-3H3,(H,17,20)/b6-4-,10-8+,11-9+/t13-,14?/m0/s1. The Balaban J connectivity index is 3.79. The summed E-state index contributed by atoms with van der Waals surface area (Å²) in [5.74, 6) is -0.221. The van der Waals surface area contributed by atoms with Gasteiger partial charge in [-0.15, -0.1) is 0 Å². The number of rotatable bonds is 9. The number of unbranched alkanes of at least 4 members (excludes halogenated alkanes) is 1. The molecule has 0 aliphatic rings. The van der Waals surface area contributed by atoms with E-state index in [0.29, 0.717) is 0 Å². The van der Waals surface area contributed by atoms with Crippen molar-refractivity contribution in [1.29, 1.82) is 0 Å². The van der Waals surface area contributed by atoms with Gasteiger partial charge >= 0.3 is 0 Å². The highest BCUT2D eigenvalue weighted by Crippen LogP contribution is 1.98. The van der Waals surface area contributed by atoms with Gasteiger partial charge in [0.25, 0.3) is 0 Å². The van der Waals surface area contributed by atoms with E-state index in [-0.39, 0.29) is 12.5 Å². The third-order valence-corrected chi connectivity index (χ3v) is 2.51. The van der Waals surface area contributed by atoms with Crippen LogP contribution < -0.4 is 5.32 Å². The monoisotopic (exact) mass is 297 g/mol. The van der Waals surface area contributed by atoms with Gasteiger partial charge in [0.05, 0.1) is 17.8 Å². The van der Waals surface area contributed by atoms with Crippen molar-refractivity contribution < 1.29 is 20.1 Å². The Morgan fingerprint density at radius 1 is 1.19 bits per heavy atom. The lowest BCUT2D eigenvalue weighted by Gasteiger charge is -2.16. The number of nitrogens with one attached hydrogen (secondary N) is 1. The van der Waals surface area contributed by atoms with Crippen LogP contribution in [0.2, 0.25) is 0 Å². The minimum atomic E-state index is -0.908. The number of carbonyl (C=O) groups is 1. The van der Waals surface area contributed by atoms with Gasteiger partial charge in [0, 0.05) is 6.54 Å². The summed E-state index contributed by atoms with van der Waals surface area (Å²) < 4.78 is 0. The molecule has 0 aliphatic carbocycles. The first kappa shape index (κ1) is 19.6. The number of hydrogen-bond donors (Lipinski definition) is 4. The zero-order valence-electron chi connectivity index (χ0n) is 13.0. The van der Waals surface area contributed by atoms with Crippen molar-refractivity contribution in [1.82, 2.24) is 5.32 Å². The molecule has 4 N–H and O–H groups in total. The van der Waals surface area contributed by atoms with Gasteiger partial charge in [0.1, 0.15) is 0 Å². The van der Waals surface area contributed by atoms with Gasteiger partial charge < -0.3 is 20.6 Å². The number of aliphatic hydroxyl groups is 3. The fraction of sp³-hybridized carbons (Fsp3) is 0.562. The normalized spacial score (nSPS) is 15.9. The topological polar surface area (TPSA) is 89.8 Å². The molecule has 120 valence electrons. The van der Waals surface area contributed by atoms with E-state index in [1.807, 2.05) is 6.08 Å². The van der Waals surface area contributed by atoms with Crippen molar-refractivity contribution >= 4 is 5.91 Å². The molecule has 0 bridgehead atoms. The predicted octanol–water partition coefficient (Wildman–Crippen LogP) is 1.06. The second-order valence-corrected chi connectivity index (χ2v) is 5.55. The molecule has 2 atom stereocenters.